The Hall–Kier alpha value is -2.27. The molecule has 3 aromatic rings. The van der Waals surface area contributed by atoms with Crippen LogP contribution in [-0.4, -0.2) is 21.1 Å². The minimum atomic E-state index is 0.649. The molecule has 0 radical (unpaired) electrons. The average Bonchev–Trinajstić information content (AvgIpc) is 2.90. The van der Waals surface area contributed by atoms with Gasteiger partial charge < -0.3 is 10.6 Å². The van der Waals surface area contributed by atoms with Crippen molar-refractivity contribution in [2.24, 2.45) is 0 Å². The van der Waals surface area contributed by atoms with Gasteiger partial charge in [-0.15, -0.1) is 5.10 Å². The van der Waals surface area contributed by atoms with Crippen LogP contribution in [0.2, 0.25) is 5.02 Å². The van der Waals surface area contributed by atoms with Gasteiger partial charge in [0.2, 0.25) is 5.95 Å². The molecule has 0 saturated heterocycles. The van der Waals surface area contributed by atoms with Crippen molar-refractivity contribution >= 4 is 28.9 Å². The number of anilines is 2. The highest BCUT2D eigenvalue weighted by atomic mass is 35.5. The number of rotatable bonds is 1. The molecule has 1 aliphatic rings. The zero-order valence-electron chi connectivity index (χ0n) is 11.3. The summed E-state index contributed by atoms with van der Waals surface area (Å²) in [5.74, 6) is 0.727. The van der Waals surface area contributed by atoms with E-state index in [0.29, 0.717) is 5.02 Å². The van der Waals surface area contributed by atoms with Crippen LogP contribution in [0.15, 0.2) is 36.5 Å². The monoisotopic (exact) mass is 299 g/mol. The molecule has 0 amide bonds. The summed E-state index contributed by atoms with van der Waals surface area (Å²) in [6, 6.07) is 9.76. The molecule has 1 aromatic carbocycles. The zero-order valence-corrected chi connectivity index (χ0v) is 12.1. The highest BCUT2D eigenvalue weighted by molar-refractivity contribution is 6.30. The molecule has 4 rings (SSSR count). The second kappa shape index (κ2) is 4.63. The second-order valence-electron chi connectivity index (χ2n) is 5.22. The first-order valence-electron chi connectivity index (χ1n) is 6.84. The molecule has 0 fully saturated rings. The van der Waals surface area contributed by atoms with Crippen LogP contribution in [0, 0.1) is 0 Å². The van der Waals surface area contributed by atoms with Crippen molar-refractivity contribution < 1.29 is 0 Å². The minimum Gasteiger partial charge on any atom is -0.398 e. The van der Waals surface area contributed by atoms with Crippen LogP contribution in [0.25, 0.3) is 5.65 Å². The van der Waals surface area contributed by atoms with Gasteiger partial charge in [-0.1, -0.05) is 23.7 Å². The summed E-state index contributed by atoms with van der Waals surface area (Å²) in [4.78, 5) is 6.73. The van der Waals surface area contributed by atoms with Crippen LogP contribution < -0.4 is 10.6 Å². The molecule has 21 heavy (non-hydrogen) atoms. The average molecular weight is 300 g/mol. The lowest BCUT2D eigenvalue weighted by molar-refractivity contribution is 0.708. The van der Waals surface area contributed by atoms with Gasteiger partial charge in [0.1, 0.15) is 0 Å². The van der Waals surface area contributed by atoms with Crippen molar-refractivity contribution in [1.82, 2.24) is 14.6 Å². The Bertz CT molecular complexity index is 826. The first kappa shape index (κ1) is 12.5. The molecule has 2 aromatic heterocycles. The quantitative estimate of drug-likeness (QED) is 0.702. The van der Waals surface area contributed by atoms with Gasteiger partial charge >= 0.3 is 0 Å². The van der Waals surface area contributed by atoms with E-state index in [4.69, 9.17) is 17.3 Å². The standard InChI is InChI=1S/C15H14ClN5/c16-11-4-5-14-18-15(19-21(14)9-11)20-7-6-12-10(8-20)2-1-3-13(12)17/h1-5,9H,6-8,17H2. The van der Waals surface area contributed by atoms with Gasteiger partial charge in [-0.05, 0) is 35.7 Å². The van der Waals surface area contributed by atoms with Gasteiger partial charge in [0, 0.05) is 25.0 Å². The lowest BCUT2D eigenvalue weighted by atomic mass is 9.98. The molecule has 106 valence electrons. The topological polar surface area (TPSA) is 59.5 Å². The van der Waals surface area contributed by atoms with Crippen molar-refractivity contribution in [2.75, 3.05) is 17.2 Å². The molecule has 0 unspecified atom stereocenters. The summed E-state index contributed by atoms with van der Waals surface area (Å²) in [6.45, 7) is 1.65. The molecule has 0 spiro atoms. The van der Waals surface area contributed by atoms with Crippen molar-refractivity contribution in [3.05, 3.63) is 52.7 Å². The number of fused-ring (bicyclic) bond motifs is 2. The van der Waals surface area contributed by atoms with E-state index in [2.05, 4.69) is 21.0 Å². The number of hydrogen-bond acceptors (Lipinski definition) is 4. The first-order valence-corrected chi connectivity index (χ1v) is 7.21. The molecular formula is C15H14ClN5. The Kier molecular flexibility index (Phi) is 2.75. The summed E-state index contributed by atoms with van der Waals surface area (Å²) >= 11 is 5.98. The molecule has 0 atom stereocenters. The Balaban J connectivity index is 1.70. The van der Waals surface area contributed by atoms with E-state index >= 15 is 0 Å². The van der Waals surface area contributed by atoms with Crippen LogP contribution in [0.4, 0.5) is 11.6 Å². The number of pyridine rings is 1. The predicted octanol–water partition coefficient (Wildman–Crippen LogP) is 2.53. The van der Waals surface area contributed by atoms with Crippen molar-refractivity contribution in [2.45, 2.75) is 13.0 Å². The third-order valence-corrected chi connectivity index (χ3v) is 4.09. The molecule has 0 aliphatic carbocycles. The number of nitrogens with zero attached hydrogens (tertiary/aromatic N) is 4. The van der Waals surface area contributed by atoms with Gasteiger partial charge in [0.15, 0.2) is 5.65 Å². The molecular weight excluding hydrogens is 286 g/mol. The smallest absolute Gasteiger partial charge is 0.245 e. The van der Waals surface area contributed by atoms with Crippen molar-refractivity contribution in [1.29, 1.82) is 0 Å². The third-order valence-electron chi connectivity index (χ3n) is 3.87. The molecule has 5 nitrogen and oxygen atoms in total. The van der Waals surface area contributed by atoms with Gasteiger partial charge in [-0.3, -0.25) is 0 Å². The Morgan fingerprint density at radius 1 is 1.19 bits per heavy atom. The van der Waals surface area contributed by atoms with Crippen LogP contribution in [0.1, 0.15) is 11.1 Å². The van der Waals surface area contributed by atoms with Crippen molar-refractivity contribution in [3.8, 4) is 0 Å². The van der Waals surface area contributed by atoms with Gasteiger partial charge in [0.25, 0.3) is 0 Å². The molecule has 2 N–H and O–H groups in total. The van der Waals surface area contributed by atoms with Crippen molar-refractivity contribution in [3.63, 3.8) is 0 Å². The number of halogens is 1. The molecule has 0 saturated carbocycles. The fourth-order valence-electron chi connectivity index (χ4n) is 2.79. The summed E-state index contributed by atoms with van der Waals surface area (Å²) in [6.07, 6.45) is 2.68. The SMILES string of the molecule is Nc1cccc2c1CCN(c1nc3ccc(Cl)cn3n1)C2. The van der Waals surface area contributed by atoms with E-state index in [1.165, 1.54) is 11.1 Å². The number of nitrogen functional groups attached to an aromatic ring is 1. The Morgan fingerprint density at radius 2 is 2.10 bits per heavy atom. The maximum atomic E-state index is 6.03. The molecule has 1 aliphatic heterocycles. The number of nitrogens with two attached hydrogens (primary N) is 1. The lowest BCUT2D eigenvalue weighted by Gasteiger charge is -2.28. The maximum Gasteiger partial charge on any atom is 0.245 e. The van der Waals surface area contributed by atoms with Gasteiger partial charge in [-0.25, -0.2) is 4.52 Å². The number of benzene rings is 1. The van der Waals surface area contributed by atoms with E-state index in [1.807, 2.05) is 24.3 Å². The van der Waals surface area contributed by atoms with E-state index in [9.17, 15) is 0 Å². The maximum absolute atomic E-state index is 6.03. The van der Waals surface area contributed by atoms with Crippen LogP contribution in [0.5, 0.6) is 0 Å². The first-order chi connectivity index (χ1) is 10.2. The summed E-state index contributed by atoms with van der Waals surface area (Å²) in [7, 11) is 0. The van der Waals surface area contributed by atoms with Crippen LogP contribution in [0.3, 0.4) is 0 Å². The zero-order chi connectivity index (χ0) is 14.4. The molecule has 3 heterocycles. The van der Waals surface area contributed by atoms with Gasteiger partial charge in [0.05, 0.1) is 5.02 Å². The minimum absolute atomic E-state index is 0.649. The number of hydrogen-bond donors (Lipinski definition) is 1. The second-order valence-corrected chi connectivity index (χ2v) is 5.65. The predicted molar refractivity (Wildman–Crippen MR) is 83.6 cm³/mol. The normalized spacial score (nSPS) is 14.4. The molecule has 6 heteroatoms. The summed E-state index contributed by atoms with van der Waals surface area (Å²) in [5.41, 5.74) is 10.2. The van der Waals surface area contributed by atoms with Crippen LogP contribution in [-0.2, 0) is 13.0 Å². The Morgan fingerprint density at radius 3 is 3.00 bits per heavy atom. The lowest BCUT2D eigenvalue weighted by Crippen LogP contribution is -2.31. The number of aromatic nitrogens is 3. The van der Waals surface area contributed by atoms with E-state index < -0.39 is 0 Å². The van der Waals surface area contributed by atoms with Crippen LogP contribution >= 0.6 is 11.6 Å². The highest BCUT2D eigenvalue weighted by Crippen LogP contribution is 2.26. The summed E-state index contributed by atoms with van der Waals surface area (Å²) in [5, 5.41) is 5.16. The Labute approximate surface area is 127 Å². The third kappa shape index (κ3) is 2.10. The summed E-state index contributed by atoms with van der Waals surface area (Å²) < 4.78 is 1.71. The van der Waals surface area contributed by atoms with E-state index in [0.717, 1.165) is 36.8 Å². The fraction of sp³-hybridized carbons (Fsp3) is 0.200. The molecule has 0 bridgehead atoms. The highest BCUT2D eigenvalue weighted by Gasteiger charge is 2.21. The van der Waals surface area contributed by atoms with E-state index in [-0.39, 0.29) is 0 Å². The largest absolute Gasteiger partial charge is 0.398 e. The fourth-order valence-corrected chi connectivity index (χ4v) is 2.95. The van der Waals surface area contributed by atoms with Gasteiger partial charge in [-0.2, -0.15) is 4.98 Å². The van der Waals surface area contributed by atoms with E-state index in [1.54, 1.807) is 10.7 Å².